The smallest absolute Gasteiger partial charge is 0.303 e. The van der Waals surface area contributed by atoms with Crippen LogP contribution in [0.25, 0.3) is 0 Å². The molecule has 1 spiro atoms. The van der Waals surface area contributed by atoms with Crippen LogP contribution in [0, 0.1) is 28.6 Å². The minimum absolute atomic E-state index is 0.0892. The minimum Gasteiger partial charge on any atom is -0.459 e. The number of ketones is 1. The molecule has 1 heterocycles. The van der Waals surface area contributed by atoms with Crippen LogP contribution in [0.15, 0.2) is 0 Å². The van der Waals surface area contributed by atoms with Gasteiger partial charge in [-0.2, -0.15) is 0 Å². The molecule has 0 aromatic heterocycles. The number of carbonyl (C=O) groups excluding carboxylic acids is 2. The SMILES string of the molecule is CC(=O)O[C@@H]1C[C@H]2[C@@H]3CCC(=O)[C@@]3(C)CC[C@@H]2[C@@]2(C)CCC[C@H]3O[C@]132. The molecule has 1 saturated heterocycles. The second kappa shape index (κ2) is 4.88. The largest absolute Gasteiger partial charge is 0.459 e. The van der Waals surface area contributed by atoms with Gasteiger partial charge in [-0.15, -0.1) is 0 Å². The topological polar surface area (TPSA) is 55.9 Å². The van der Waals surface area contributed by atoms with Gasteiger partial charge >= 0.3 is 5.97 Å². The highest BCUT2D eigenvalue weighted by molar-refractivity contribution is 5.87. The van der Waals surface area contributed by atoms with E-state index in [1.165, 1.54) is 19.8 Å². The van der Waals surface area contributed by atoms with Crippen molar-refractivity contribution in [1.82, 2.24) is 0 Å². The van der Waals surface area contributed by atoms with Crippen molar-refractivity contribution in [1.29, 1.82) is 0 Å². The molecule has 0 radical (unpaired) electrons. The first-order valence-corrected chi connectivity index (χ1v) is 10.2. The van der Waals surface area contributed by atoms with Crippen molar-refractivity contribution in [2.24, 2.45) is 28.6 Å². The molecule has 5 aliphatic rings. The maximum atomic E-state index is 12.6. The van der Waals surface area contributed by atoms with Crippen LogP contribution in [0.5, 0.6) is 0 Å². The molecular formula is C21H30O4. The fourth-order valence-corrected chi connectivity index (χ4v) is 7.89. The van der Waals surface area contributed by atoms with Crippen molar-refractivity contribution in [3.63, 3.8) is 0 Å². The molecule has 5 fully saturated rings. The van der Waals surface area contributed by atoms with Crippen LogP contribution in [0.1, 0.15) is 72.1 Å². The van der Waals surface area contributed by atoms with E-state index in [2.05, 4.69) is 13.8 Å². The van der Waals surface area contributed by atoms with E-state index in [0.717, 1.165) is 38.5 Å². The first-order valence-electron chi connectivity index (χ1n) is 10.2. The van der Waals surface area contributed by atoms with E-state index in [1.54, 1.807) is 0 Å². The van der Waals surface area contributed by atoms with Gasteiger partial charge in [0.2, 0.25) is 0 Å². The second-order valence-electron chi connectivity index (χ2n) is 9.84. The Morgan fingerprint density at radius 3 is 2.72 bits per heavy atom. The molecule has 4 aliphatic carbocycles. The summed E-state index contributed by atoms with van der Waals surface area (Å²) in [5.74, 6) is 1.84. The summed E-state index contributed by atoms with van der Waals surface area (Å²) >= 11 is 0. The van der Waals surface area contributed by atoms with Crippen LogP contribution in [0.3, 0.4) is 0 Å². The molecule has 0 aromatic carbocycles. The summed E-state index contributed by atoms with van der Waals surface area (Å²) < 4.78 is 12.2. The van der Waals surface area contributed by atoms with Crippen LogP contribution in [0.2, 0.25) is 0 Å². The van der Waals surface area contributed by atoms with Crippen LogP contribution in [-0.4, -0.2) is 29.6 Å². The predicted molar refractivity (Wildman–Crippen MR) is 91.8 cm³/mol. The summed E-state index contributed by atoms with van der Waals surface area (Å²) in [5, 5.41) is 0. The van der Waals surface area contributed by atoms with E-state index in [9.17, 15) is 9.59 Å². The van der Waals surface area contributed by atoms with Crippen molar-refractivity contribution in [2.75, 3.05) is 0 Å². The van der Waals surface area contributed by atoms with Gasteiger partial charge in [0.1, 0.15) is 17.5 Å². The molecule has 25 heavy (non-hydrogen) atoms. The molecule has 4 heteroatoms. The lowest BCUT2D eigenvalue weighted by Crippen LogP contribution is -2.63. The molecule has 1 aliphatic heterocycles. The lowest BCUT2D eigenvalue weighted by atomic mass is 9.44. The Hall–Kier alpha value is -0.900. The molecule has 0 amide bonds. The van der Waals surface area contributed by atoms with Gasteiger partial charge in [0, 0.05) is 24.2 Å². The van der Waals surface area contributed by atoms with Crippen LogP contribution in [-0.2, 0) is 19.1 Å². The molecular weight excluding hydrogens is 316 g/mol. The quantitative estimate of drug-likeness (QED) is 0.537. The van der Waals surface area contributed by atoms with Crippen LogP contribution in [0.4, 0.5) is 0 Å². The standard InChI is InChI=1S/C21H30O4/c1-12(22)24-18-11-13-14-6-7-16(23)19(14,2)10-8-15(13)20(3)9-4-5-17-21(18,20)25-17/h13-15,17-18H,4-11H2,1-3H3/t13-,14-,15-,17+,18+,19-,20+,21-/m0/s1. The van der Waals surface area contributed by atoms with E-state index in [1.807, 2.05) is 0 Å². The fraction of sp³-hybridized carbons (Fsp3) is 0.905. The zero-order chi connectivity index (χ0) is 17.6. The lowest BCUT2D eigenvalue weighted by molar-refractivity contribution is -0.185. The van der Waals surface area contributed by atoms with Crippen molar-refractivity contribution < 1.29 is 19.1 Å². The maximum Gasteiger partial charge on any atom is 0.303 e. The zero-order valence-corrected chi connectivity index (χ0v) is 15.7. The summed E-state index contributed by atoms with van der Waals surface area (Å²) in [5.41, 5.74) is -0.290. The first-order chi connectivity index (χ1) is 11.8. The lowest BCUT2D eigenvalue weighted by Gasteiger charge is -2.60. The highest BCUT2D eigenvalue weighted by atomic mass is 16.7. The second-order valence-corrected chi connectivity index (χ2v) is 9.84. The Bertz CT molecular complexity index is 644. The first kappa shape index (κ1) is 16.3. The summed E-state index contributed by atoms with van der Waals surface area (Å²) in [6.45, 7) is 6.12. The third-order valence-corrected chi connectivity index (χ3v) is 9.05. The van der Waals surface area contributed by atoms with Crippen molar-refractivity contribution in [2.45, 2.75) is 89.9 Å². The van der Waals surface area contributed by atoms with Gasteiger partial charge < -0.3 is 9.47 Å². The molecule has 4 saturated carbocycles. The summed E-state index contributed by atoms with van der Waals surface area (Å²) in [6, 6.07) is 0. The highest BCUT2D eigenvalue weighted by Crippen LogP contribution is 2.72. The maximum absolute atomic E-state index is 12.6. The summed E-state index contributed by atoms with van der Waals surface area (Å²) in [6.07, 6.45) is 8.44. The van der Waals surface area contributed by atoms with Crippen molar-refractivity contribution in [3.05, 3.63) is 0 Å². The number of rotatable bonds is 1. The minimum atomic E-state index is -0.242. The zero-order valence-electron chi connectivity index (χ0n) is 15.7. The van der Waals surface area contributed by atoms with E-state index in [4.69, 9.17) is 9.47 Å². The number of hydrogen-bond acceptors (Lipinski definition) is 4. The van der Waals surface area contributed by atoms with Gasteiger partial charge in [0.15, 0.2) is 0 Å². The monoisotopic (exact) mass is 346 g/mol. The van der Waals surface area contributed by atoms with Crippen molar-refractivity contribution >= 4 is 11.8 Å². The third-order valence-electron chi connectivity index (χ3n) is 9.05. The van der Waals surface area contributed by atoms with Gasteiger partial charge in [0.25, 0.3) is 0 Å². The van der Waals surface area contributed by atoms with Crippen LogP contribution < -0.4 is 0 Å². The Labute approximate surface area is 150 Å². The molecule has 0 unspecified atom stereocenters. The predicted octanol–water partition coefficient (Wildman–Crippen LogP) is 3.66. The Balaban J connectivity index is 1.56. The molecule has 0 N–H and O–H groups in total. The number of hydrogen-bond donors (Lipinski definition) is 0. The van der Waals surface area contributed by atoms with Gasteiger partial charge in [0.05, 0.1) is 6.10 Å². The van der Waals surface area contributed by atoms with Gasteiger partial charge in [-0.05, 0) is 56.3 Å². The molecule has 5 rings (SSSR count). The average Bonchev–Trinajstić information content (AvgIpc) is 3.22. The summed E-state index contributed by atoms with van der Waals surface area (Å²) in [7, 11) is 0. The van der Waals surface area contributed by atoms with E-state index in [-0.39, 0.29) is 34.6 Å². The van der Waals surface area contributed by atoms with Gasteiger partial charge in [-0.25, -0.2) is 0 Å². The number of fused-ring (bicyclic) bond motifs is 4. The number of Topliss-reactive ketones (excluding diaryl/α,β-unsaturated/α-hetero) is 1. The Morgan fingerprint density at radius 2 is 1.96 bits per heavy atom. The summed E-state index contributed by atoms with van der Waals surface area (Å²) in [4.78, 5) is 24.4. The third kappa shape index (κ3) is 1.82. The van der Waals surface area contributed by atoms with Crippen molar-refractivity contribution in [3.8, 4) is 0 Å². The average molecular weight is 346 g/mol. The molecule has 0 aromatic rings. The number of carbonyl (C=O) groups is 2. The Morgan fingerprint density at radius 1 is 1.16 bits per heavy atom. The fourth-order valence-electron chi connectivity index (χ4n) is 7.89. The number of epoxide rings is 1. The normalized spacial score (nSPS) is 56.3. The highest BCUT2D eigenvalue weighted by Gasteiger charge is 2.78. The molecule has 8 atom stereocenters. The van der Waals surface area contributed by atoms with Gasteiger partial charge in [-0.3, -0.25) is 9.59 Å². The number of ether oxygens (including phenoxy) is 2. The van der Waals surface area contributed by atoms with E-state index >= 15 is 0 Å². The molecule has 138 valence electrons. The number of esters is 1. The molecule has 0 bridgehead atoms. The van der Waals surface area contributed by atoms with Gasteiger partial charge in [-0.1, -0.05) is 20.3 Å². The van der Waals surface area contributed by atoms with Crippen LogP contribution >= 0.6 is 0 Å². The van der Waals surface area contributed by atoms with E-state index < -0.39 is 0 Å². The molecule has 4 nitrogen and oxygen atoms in total. The van der Waals surface area contributed by atoms with E-state index in [0.29, 0.717) is 23.5 Å². The Kier molecular flexibility index (Phi) is 3.18.